The molecule has 0 N–H and O–H groups in total. The Morgan fingerprint density at radius 3 is 2.81 bits per heavy atom. The van der Waals surface area contributed by atoms with Crippen LogP contribution >= 0.6 is 0 Å². The molecule has 2 rings (SSSR count). The summed E-state index contributed by atoms with van der Waals surface area (Å²) >= 11 is 0. The molecule has 94 valence electrons. The molecule has 16 heavy (non-hydrogen) atoms. The standard InChI is InChI=1S/C14H28N2/c1-3-4-6-9-15-12-14-8-5-7-10-16(14)11-13(15)2/h13-14H,3-12H2,1-2H3. The zero-order chi connectivity index (χ0) is 11.4. The SMILES string of the molecule is CCCCCN1CC2CCCCN2CC1C. The van der Waals surface area contributed by atoms with E-state index in [0.717, 1.165) is 12.1 Å². The van der Waals surface area contributed by atoms with Crippen LogP contribution in [0.4, 0.5) is 0 Å². The zero-order valence-electron chi connectivity index (χ0n) is 11.1. The Kier molecular flexibility index (Phi) is 4.66. The molecule has 2 aliphatic heterocycles. The molecular formula is C14H28N2. The van der Waals surface area contributed by atoms with Gasteiger partial charge in [-0.2, -0.15) is 0 Å². The van der Waals surface area contributed by atoms with Crippen LogP contribution in [0.5, 0.6) is 0 Å². The van der Waals surface area contributed by atoms with Gasteiger partial charge in [-0.3, -0.25) is 9.80 Å². The average molecular weight is 224 g/mol. The average Bonchev–Trinajstić information content (AvgIpc) is 2.30. The van der Waals surface area contributed by atoms with Crippen LogP contribution in [0.15, 0.2) is 0 Å². The monoisotopic (exact) mass is 224 g/mol. The Morgan fingerprint density at radius 2 is 2.00 bits per heavy atom. The van der Waals surface area contributed by atoms with Gasteiger partial charge in [0.05, 0.1) is 0 Å². The number of hydrogen-bond acceptors (Lipinski definition) is 2. The molecule has 2 fully saturated rings. The third-order valence-electron chi connectivity index (χ3n) is 4.37. The Labute approximate surface area is 101 Å². The predicted octanol–water partition coefficient (Wildman–Crippen LogP) is 2.74. The highest BCUT2D eigenvalue weighted by Crippen LogP contribution is 2.24. The fourth-order valence-corrected chi connectivity index (χ4v) is 3.29. The Bertz CT molecular complexity index is 205. The molecule has 0 aliphatic carbocycles. The molecule has 2 saturated heterocycles. The summed E-state index contributed by atoms with van der Waals surface area (Å²) in [7, 11) is 0. The lowest BCUT2D eigenvalue weighted by Gasteiger charge is -2.47. The smallest absolute Gasteiger partial charge is 0.0223 e. The van der Waals surface area contributed by atoms with Crippen molar-refractivity contribution in [3.63, 3.8) is 0 Å². The quantitative estimate of drug-likeness (QED) is 0.678. The van der Waals surface area contributed by atoms with Gasteiger partial charge >= 0.3 is 0 Å². The minimum atomic E-state index is 0.784. The number of piperidine rings is 1. The van der Waals surface area contributed by atoms with Gasteiger partial charge in [0.15, 0.2) is 0 Å². The molecule has 2 aliphatic rings. The highest BCUT2D eigenvalue weighted by molar-refractivity contribution is 4.88. The van der Waals surface area contributed by atoms with E-state index in [1.54, 1.807) is 0 Å². The van der Waals surface area contributed by atoms with Crippen LogP contribution in [0.3, 0.4) is 0 Å². The predicted molar refractivity (Wildman–Crippen MR) is 69.8 cm³/mol. The first-order valence-corrected chi connectivity index (χ1v) is 7.29. The van der Waals surface area contributed by atoms with Gasteiger partial charge in [-0.05, 0) is 39.3 Å². The van der Waals surface area contributed by atoms with E-state index < -0.39 is 0 Å². The first-order valence-electron chi connectivity index (χ1n) is 7.29. The molecule has 0 saturated carbocycles. The molecule has 2 nitrogen and oxygen atoms in total. The largest absolute Gasteiger partial charge is 0.298 e. The summed E-state index contributed by atoms with van der Waals surface area (Å²) in [6.07, 6.45) is 8.47. The number of rotatable bonds is 4. The van der Waals surface area contributed by atoms with Crippen molar-refractivity contribution < 1.29 is 0 Å². The van der Waals surface area contributed by atoms with Gasteiger partial charge in [-0.25, -0.2) is 0 Å². The second-order valence-corrected chi connectivity index (χ2v) is 5.70. The lowest BCUT2D eigenvalue weighted by Crippen LogP contribution is -2.58. The number of fused-ring (bicyclic) bond motifs is 1. The molecule has 0 bridgehead atoms. The Morgan fingerprint density at radius 1 is 1.12 bits per heavy atom. The van der Waals surface area contributed by atoms with Gasteiger partial charge in [0.2, 0.25) is 0 Å². The van der Waals surface area contributed by atoms with Crippen molar-refractivity contribution in [3.8, 4) is 0 Å². The summed E-state index contributed by atoms with van der Waals surface area (Å²) in [6.45, 7) is 10.1. The van der Waals surface area contributed by atoms with Crippen molar-refractivity contribution in [3.05, 3.63) is 0 Å². The summed E-state index contributed by atoms with van der Waals surface area (Å²) in [5.74, 6) is 0. The van der Waals surface area contributed by atoms with E-state index in [2.05, 4.69) is 23.6 Å². The number of unbranched alkanes of at least 4 members (excludes halogenated alkanes) is 2. The zero-order valence-corrected chi connectivity index (χ0v) is 11.1. The molecule has 2 atom stereocenters. The van der Waals surface area contributed by atoms with Gasteiger partial charge in [0, 0.05) is 25.2 Å². The fourth-order valence-electron chi connectivity index (χ4n) is 3.29. The van der Waals surface area contributed by atoms with Gasteiger partial charge in [0.25, 0.3) is 0 Å². The van der Waals surface area contributed by atoms with Crippen molar-refractivity contribution in [1.82, 2.24) is 9.80 Å². The van der Waals surface area contributed by atoms with Crippen molar-refractivity contribution in [1.29, 1.82) is 0 Å². The molecule has 0 aromatic heterocycles. The highest BCUT2D eigenvalue weighted by atomic mass is 15.3. The van der Waals surface area contributed by atoms with Crippen LogP contribution < -0.4 is 0 Å². The first kappa shape index (κ1) is 12.4. The summed E-state index contributed by atoms with van der Waals surface area (Å²) in [4.78, 5) is 5.48. The number of piperazine rings is 1. The van der Waals surface area contributed by atoms with E-state index in [4.69, 9.17) is 0 Å². The number of hydrogen-bond donors (Lipinski definition) is 0. The van der Waals surface area contributed by atoms with Crippen LogP contribution in [-0.4, -0.2) is 48.1 Å². The van der Waals surface area contributed by atoms with E-state index in [9.17, 15) is 0 Å². The van der Waals surface area contributed by atoms with Crippen LogP contribution in [-0.2, 0) is 0 Å². The van der Waals surface area contributed by atoms with Crippen molar-refractivity contribution in [2.45, 2.75) is 64.5 Å². The molecule has 0 aromatic carbocycles. The molecule has 2 heteroatoms. The van der Waals surface area contributed by atoms with Gasteiger partial charge in [0.1, 0.15) is 0 Å². The molecule has 0 amide bonds. The van der Waals surface area contributed by atoms with Crippen molar-refractivity contribution in [2.24, 2.45) is 0 Å². The lowest BCUT2D eigenvalue weighted by molar-refractivity contribution is 0.0147. The fraction of sp³-hybridized carbons (Fsp3) is 1.00. The maximum absolute atomic E-state index is 2.74. The molecule has 2 heterocycles. The van der Waals surface area contributed by atoms with E-state index in [-0.39, 0.29) is 0 Å². The maximum Gasteiger partial charge on any atom is 0.0223 e. The van der Waals surface area contributed by atoms with Crippen LogP contribution in [0.25, 0.3) is 0 Å². The van der Waals surface area contributed by atoms with Crippen LogP contribution in [0, 0.1) is 0 Å². The molecule has 0 aromatic rings. The highest BCUT2D eigenvalue weighted by Gasteiger charge is 2.32. The van der Waals surface area contributed by atoms with Crippen LogP contribution in [0.1, 0.15) is 52.4 Å². The minimum Gasteiger partial charge on any atom is -0.298 e. The third-order valence-corrected chi connectivity index (χ3v) is 4.37. The Balaban J connectivity index is 1.80. The van der Waals surface area contributed by atoms with Gasteiger partial charge in [-0.1, -0.05) is 26.2 Å². The third kappa shape index (κ3) is 2.98. The van der Waals surface area contributed by atoms with Crippen LogP contribution in [0.2, 0.25) is 0 Å². The molecular weight excluding hydrogens is 196 g/mol. The van der Waals surface area contributed by atoms with Gasteiger partial charge in [-0.15, -0.1) is 0 Å². The van der Waals surface area contributed by atoms with E-state index >= 15 is 0 Å². The summed E-state index contributed by atoms with van der Waals surface area (Å²) in [5, 5.41) is 0. The topological polar surface area (TPSA) is 6.48 Å². The summed E-state index contributed by atoms with van der Waals surface area (Å²) < 4.78 is 0. The van der Waals surface area contributed by atoms with E-state index in [1.165, 1.54) is 64.7 Å². The van der Waals surface area contributed by atoms with Crippen molar-refractivity contribution in [2.75, 3.05) is 26.2 Å². The Hall–Kier alpha value is -0.0800. The molecule has 0 radical (unpaired) electrons. The lowest BCUT2D eigenvalue weighted by atomic mass is 9.97. The van der Waals surface area contributed by atoms with E-state index in [0.29, 0.717) is 0 Å². The maximum atomic E-state index is 2.74. The summed E-state index contributed by atoms with van der Waals surface area (Å²) in [5.41, 5.74) is 0. The van der Waals surface area contributed by atoms with Gasteiger partial charge < -0.3 is 0 Å². The number of nitrogens with zero attached hydrogens (tertiary/aromatic N) is 2. The molecule has 0 spiro atoms. The normalized spacial score (nSPS) is 32.6. The van der Waals surface area contributed by atoms with Crippen molar-refractivity contribution >= 4 is 0 Å². The first-order chi connectivity index (χ1) is 7.81. The second kappa shape index (κ2) is 6.02. The minimum absolute atomic E-state index is 0.784. The molecule has 2 unspecified atom stereocenters. The summed E-state index contributed by atoms with van der Waals surface area (Å²) in [6, 6.07) is 1.66. The second-order valence-electron chi connectivity index (χ2n) is 5.70. The van der Waals surface area contributed by atoms with E-state index in [1.807, 2.05) is 0 Å².